The van der Waals surface area contributed by atoms with Gasteiger partial charge in [0.15, 0.2) is 0 Å². The molecule has 3 unspecified atom stereocenters. The Morgan fingerprint density at radius 2 is 2.00 bits per heavy atom. The van der Waals surface area contributed by atoms with Crippen LogP contribution in [0.4, 0.5) is 0 Å². The first-order valence-electron chi connectivity index (χ1n) is 6.40. The molecule has 0 aromatic carbocycles. The van der Waals surface area contributed by atoms with E-state index in [1.165, 1.54) is 4.90 Å². The molecule has 2 aliphatic carbocycles. The summed E-state index contributed by atoms with van der Waals surface area (Å²) >= 11 is 0. The molecular formula is C14H17NO2. The van der Waals surface area contributed by atoms with Gasteiger partial charge in [0.2, 0.25) is 0 Å². The molecule has 17 heavy (non-hydrogen) atoms. The zero-order valence-electron chi connectivity index (χ0n) is 10.1. The highest BCUT2D eigenvalue weighted by Gasteiger charge is 2.54. The SMILES string of the molecule is C=CCN1C(=O)C2=C(C1=O)C1CC2CC1CC. The van der Waals surface area contributed by atoms with E-state index in [1.54, 1.807) is 6.08 Å². The lowest BCUT2D eigenvalue weighted by Gasteiger charge is -2.20. The number of imide groups is 1. The highest BCUT2D eigenvalue weighted by Crippen LogP contribution is 2.55. The maximum absolute atomic E-state index is 12.2. The van der Waals surface area contributed by atoms with Crippen LogP contribution in [0.1, 0.15) is 26.2 Å². The third kappa shape index (κ3) is 1.22. The number of amides is 2. The van der Waals surface area contributed by atoms with Gasteiger partial charge >= 0.3 is 0 Å². The first-order valence-corrected chi connectivity index (χ1v) is 6.40. The summed E-state index contributed by atoms with van der Waals surface area (Å²) in [5, 5.41) is 0. The predicted molar refractivity (Wildman–Crippen MR) is 63.9 cm³/mol. The molecular weight excluding hydrogens is 214 g/mol. The number of carbonyl (C=O) groups is 2. The third-order valence-electron chi connectivity index (χ3n) is 4.55. The number of carbonyl (C=O) groups excluding carboxylic acids is 2. The molecule has 1 saturated carbocycles. The minimum absolute atomic E-state index is 0.0458. The molecule has 0 saturated heterocycles. The van der Waals surface area contributed by atoms with E-state index in [0.29, 0.717) is 24.3 Å². The summed E-state index contributed by atoms with van der Waals surface area (Å²) in [6.45, 7) is 6.13. The van der Waals surface area contributed by atoms with Crippen molar-refractivity contribution in [1.82, 2.24) is 4.90 Å². The van der Waals surface area contributed by atoms with E-state index in [9.17, 15) is 9.59 Å². The molecule has 0 aromatic heterocycles. The quantitative estimate of drug-likeness (QED) is 0.549. The highest BCUT2D eigenvalue weighted by atomic mass is 16.2. The average molecular weight is 231 g/mol. The van der Waals surface area contributed by atoms with Gasteiger partial charge in [-0.15, -0.1) is 6.58 Å². The Morgan fingerprint density at radius 3 is 2.65 bits per heavy atom. The van der Waals surface area contributed by atoms with Gasteiger partial charge in [-0.25, -0.2) is 0 Å². The van der Waals surface area contributed by atoms with Crippen molar-refractivity contribution >= 4 is 11.8 Å². The molecule has 1 fully saturated rings. The molecule has 1 heterocycles. The number of hydrogen-bond acceptors (Lipinski definition) is 2. The molecule has 3 heteroatoms. The van der Waals surface area contributed by atoms with Crippen molar-refractivity contribution in [2.45, 2.75) is 26.2 Å². The summed E-state index contributed by atoms with van der Waals surface area (Å²) in [7, 11) is 0. The molecule has 3 aliphatic rings. The lowest BCUT2D eigenvalue weighted by atomic mass is 9.83. The van der Waals surface area contributed by atoms with Crippen molar-refractivity contribution in [3.8, 4) is 0 Å². The van der Waals surface area contributed by atoms with Crippen LogP contribution >= 0.6 is 0 Å². The van der Waals surface area contributed by atoms with Gasteiger partial charge in [-0.2, -0.15) is 0 Å². The van der Waals surface area contributed by atoms with E-state index in [1.807, 2.05) is 0 Å². The van der Waals surface area contributed by atoms with Crippen molar-refractivity contribution in [1.29, 1.82) is 0 Å². The minimum Gasteiger partial charge on any atom is -0.271 e. The van der Waals surface area contributed by atoms with Crippen LogP contribution in [0.25, 0.3) is 0 Å². The van der Waals surface area contributed by atoms with Gasteiger partial charge in [0, 0.05) is 17.7 Å². The first kappa shape index (κ1) is 10.8. The number of fused-ring (bicyclic) bond motifs is 4. The molecule has 90 valence electrons. The molecule has 3 atom stereocenters. The molecule has 2 amide bonds. The lowest BCUT2D eigenvalue weighted by molar-refractivity contribution is -0.137. The van der Waals surface area contributed by atoms with E-state index in [-0.39, 0.29) is 11.8 Å². The Morgan fingerprint density at radius 1 is 1.29 bits per heavy atom. The Labute approximate surface area is 101 Å². The maximum atomic E-state index is 12.2. The van der Waals surface area contributed by atoms with Gasteiger partial charge in [-0.05, 0) is 30.6 Å². The Balaban J connectivity index is 1.97. The average Bonchev–Trinajstić information content (AvgIpc) is 2.96. The normalized spacial score (nSPS) is 34.9. The Hall–Kier alpha value is -1.38. The van der Waals surface area contributed by atoms with Gasteiger partial charge < -0.3 is 0 Å². The molecule has 2 bridgehead atoms. The van der Waals surface area contributed by atoms with E-state index in [4.69, 9.17) is 0 Å². The zero-order valence-corrected chi connectivity index (χ0v) is 10.1. The minimum atomic E-state index is -0.0491. The molecule has 0 radical (unpaired) electrons. The maximum Gasteiger partial charge on any atom is 0.257 e. The van der Waals surface area contributed by atoms with Crippen molar-refractivity contribution in [3.05, 3.63) is 23.8 Å². The van der Waals surface area contributed by atoms with Crippen LogP contribution in [0.5, 0.6) is 0 Å². The fourth-order valence-corrected chi connectivity index (χ4v) is 3.83. The molecule has 0 aromatic rings. The number of rotatable bonds is 3. The first-order chi connectivity index (χ1) is 8.19. The number of nitrogens with zero attached hydrogens (tertiary/aromatic N) is 1. The van der Waals surface area contributed by atoms with Crippen LogP contribution in [-0.2, 0) is 9.59 Å². The van der Waals surface area contributed by atoms with Crippen LogP contribution in [0.2, 0.25) is 0 Å². The lowest BCUT2D eigenvalue weighted by Crippen LogP contribution is -2.33. The van der Waals surface area contributed by atoms with Crippen molar-refractivity contribution < 1.29 is 9.59 Å². The molecule has 1 aliphatic heterocycles. The van der Waals surface area contributed by atoms with Gasteiger partial charge in [0.25, 0.3) is 11.8 Å². The van der Waals surface area contributed by atoms with Gasteiger partial charge in [-0.1, -0.05) is 19.4 Å². The van der Waals surface area contributed by atoms with Gasteiger partial charge in [-0.3, -0.25) is 14.5 Å². The smallest absolute Gasteiger partial charge is 0.257 e. The van der Waals surface area contributed by atoms with Crippen LogP contribution in [0, 0.1) is 17.8 Å². The fraction of sp³-hybridized carbons (Fsp3) is 0.571. The summed E-state index contributed by atoms with van der Waals surface area (Å²) < 4.78 is 0. The van der Waals surface area contributed by atoms with Crippen molar-refractivity contribution in [2.75, 3.05) is 6.54 Å². The van der Waals surface area contributed by atoms with Crippen LogP contribution < -0.4 is 0 Å². The van der Waals surface area contributed by atoms with Crippen LogP contribution in [0.3, 0.4) is 0 Å². The van der Waals surface area contributed by atoms with Crippen molar-refractivity contribution in [3.63, 3.8) is 0 Å². The molecule has 0 spiro atoms. The number of hydrogen-bond donors (Lipinski definition) is 0. The summed E-state index contributed by atoms with van der Waals surface area (Å²) in [4.78, 5) is 25.8. The summed E-state index contributed by atoms with van der Waals surface area (Å²) in [5.74, 6) is 1.22. The standard InChI is InChI=1S/C14H17NO2/c1-3-5-15-13(16)11-9-6-8(4-2)10(7-9)12(11)14(15)17/h3,8-10H,1,4-7H2,2H3. The topological polar surface area (TPSA) is 37.4 Å². The van der Waals surface area contributed by atoms with Gasteiger partial charge in [0.05, 0.1) is 0 Å². The van der Waals surface area contributed by atoms with E-state index >= 15 is 0 Å². The fourth-order valence-electron chi connectivity index (χ4n) is 3.83. The zero-order chi connectivity index (χ0) is 12.2. The second kappa shape index (κ2) is 3.56. The van der Waals surface area contributed by atoms with E-state index < -0.39 is 0 Å². The second-order valence-electron chi connectivity index (χ2n) is 5.28. The molecule has 3 rings (SSSR count). The second-order valence-corrected chi connectivity index (χ2v) is 5.28. The third-order valence-corrected chi connectivity index (χ3v) is 4.55. The van der Waals surface area contributed by atoms with Crippen molar-refractivity contribution in [2.24, 2.45) is 17.8 Å². The molecule has 3 nitrogen and oxygen atoms in total. The summed E-state index contributed by atoms with van der Waals surface area (Å²) in [6, 6.07) is 0. The van der Waals surface area contributed by atoms with Crippen LogP contribution in [0.15, 0.2) is 23.8 Å². The number of likely N-dealkylation sites (tertiary alicyclic amines) is 1. The van der Waals surface area contributed by atoms with E-state index in [2.05, 4.69) is 13.5 Å². The summed E-state index contributed by atoms with van der Waals surface area (Å²) in [6.07, 6.45) is 4.86. The molecule has 0 N–H and O–H groups in total. The van der Waals surface area contributed by atoms with E-state index in [0.717, 1.165) is 30.4 Å². The van der Waals surface area contributed by atoms with Gasteiger partial charge in [0.1, 0.15) is 0 Å². The Bertz CT molecular complexity index is 449. The predicted octanol–water partition coefficient (Wildman–Crippen LogP) is 1.90. The monoisotopic (exact) mass is 231 g/mol. The largest absolute Gasteiger partial charge is 0.271 e. The Kier molecular flexibility index (Phi) is 2.25. The summed E-state index contributed by atoms with van der Waals surface area (Å²) in [5.41, 5.74) is 1.69. The highest BCUT2D eigenvalue weighted by molar-refractivity contribution is 6.20. The van der Waals surface area contributed by atoms with Crippen LogP contribution in [-0.4, -0.2) is 23.3 Å².